The lowest BCUT2D eigenvalue weighted by Crippen LogP contribution is -2.40. The van der Waals surface area contributed by atoms with Crippen molar-refractivity contribution in [2.24, 2.45) is 11.8 Å². The zero-order valence-electron chi connectivity index (χ0n) is 14.4. The van der Waals surface area contributed by atoms with Crippen LogP contribution < -0.4 is 10.6 Å². The van der Waals surface area contributed by atoms with Crippen molar-refractivity contribution in [2.75, 3.05) is 0 Å². The topological polar surface area (TPSA) is 41.1 Å². The highest BCUT2D eigenvalue weighted by atomic mass is 16.1. The maximum Gasteiger partial charge on any atom is 0.220 e. The van der Waals surface area contributed by atoms with Gasteiger partial charge in [-0.15, -0.1) is 0 Å². The van der Waals surface area contributed by atoms with Crippen LogP contribution in [-0.4, -0.2) is 18.0 Å². The summed E-state index contributed by atoms with van der Waals surface area (Å²) in [5, 5.41) is 6.96. The van der Waals surface area contributed by atoms with E-state index >= 15 is 0 Å². The molecule has 2 saturated heterocycles. The van der Waals surface area contributed by atoms with Crippen molar-refractivity contribution in [1.29, 1.82) is 0 Å². The van der Waals surface area contributed by atoms with E-state index in [1.165, 1.54) is 31.2 Å². The second-order valence-corrected chi connectivity index (χ2v) is 7.84. The van der Waals surface area contributed by atoms with Gasteiger partial charge in [0.25, 0.3) is 0 Å². The second-order valence-electron chi connectivity index (χ2n) is 7.84. The van der Waals surface area contributed by atoms with Gasteiger partial charge in [0.1, 0.15) is 0 Å². The molecule has 2 aliphatic rings. The third-order valence-electron chi connectivity index (χ3n) is 5.29. The maximum atomic E-state index is 12.6. The van der Waals surface area contributed by atoms with Crippen LogP contribution in [0.25, 0.3) is 0 Å². The Morgan fingerprint density at radius 3 is 2.43 bits per heavy atom. The number of hydrogen-bond donors (Lipinski definition) is 2. The number of benzene rings is 1. The van der Waals surface area contributed by atoms with Crippen molar-refractivity contribution in [3.8, 4) is 0 Å². The molecule has 0 aliphatic carbocycles. The lowest BCUT2D eigenvalue weighted by atomic mass is 9.89. The molecular formula is C20H30N2O. The Labute approximate surface area is 140 Å². The van der Waals surface area contributed by atoms with Gasteiger partial charge in [0.15, 0.2) is 0 Å². The van der Waals surface area contributed by atoms with Gasteiger partial charge in [-0.1, -0.05) is 44.2 Å². The Balaban J connectivity index is 1.57. The normalized spacial score (nSPS) is 27.9. The van der Waals surface area contributed by atoms with Gasteiger partial charge < -0.3 is 10.6 Å². The number of carbonyl (C=O) groups excluding carboxylic acids is 1. The zero-order valence-corrected chi connectivity index (χ0v) is 14.4. The number of fused-ring (bicyclic) bond motifs is 2. The largest absolute Gasteiger partial charge is 0.349 e. The predicted octanol–water partition coefficient (Wildman–Crippen LogP) is 3.81. The Hall–Kier alpha value is -1.35. The predicted molar refractivity (Wildman–Crippen MR) is 94.1 cm³/mol. The molecule has 2 heterocycles. The third-order valence-corrected chi connectivity index (χ3v) is 5.29. The van der Waals surface area contributed by atoms with Crippen molar-refractivity contribution >= 4 is 5.91 Å². The lowest BCUT2D eigenvalue weighted by Gasteiger charge is -2.29. The van der Waals surface area contributed by atoms with Crippen molar-refractivity contribution in [1.82, 2.24) is 10.6 Å². The smallest absolute Gasteiger partial charge is 0.220 e. The molecule has 3 heteroatoms. The first-order chi connectivity index (χ1) is 11.1. The fourth-order valence-corrected chi connectivity index (χ4v) is 4.29. The van der Waals surface area contributed by atoms with Crippen LogP contribution in [0.4, 0.5) is 0 Å². The molecule has 3 unspecified atom stereocenters. The average Bonchev–Trinajstić information content (AvgIpc) is 2.86. The summed E-state index contributed by atoms with van der Waals surface area (Å²) in [5.41, 5.74) is 1.22. The van der Waals surface area contributed by atoms with Crippen molar-refractivity contribution in [3.63, 3.8) is 0 Å². The van der Waals surface area contributed by atoms with Crippen LogP contribution in [0, 0.1) is 11.8 Å². The minimum absolute atomic E-state index is 0.141. The summed E-state index contributed by atoms with van der Waals surface area (Å²) >= 11 is 0. The number of hydrogen-bond acceptors (Lipinski definition) is 2. The van der Waals surface area contributed by atoms with Gasteiger partial charge in [0.2, 0.25) is 5.91 Å². The molecule has 3 nitrogen and oxygen atoms in total. The summed E-state index contributed by atoms with van der Waals surface area (Å²) in [5.74, 6) is 1.35. The van der Waals surface area contributed by atoms with Crippen LogP contribution in [0.15, 0.2) is 30.3 Å². The summed E-state index contributed by atoms with van der Waals surface area (Å²) in [6, 6.07) is 11.8. The first kappa shape index (κ1) is 16.5. The Bertz CT molecular complexity index is 502. The van der Waals surface area contributed by atoms with Gasteiger partial charge in [-0.25, -0.2) is 0 Å². The first-order valence-corrected chi connectivity index (χ1v) is 9.20. The molecule has 2 fully saturated rings. The minimum atomic E-state index is 0.141. The molecule has 3 rings (SSSR count). The number of piperidine rings is 1. The third kappa shape index (κ3) is 4.57. The summed E-state index contributed by atoms with van der Waals surface area (Å²) in [7, 11) is 0. The van der Waals surface area contributed by atoms with Crippen LogP contribution in [0.1, 0.15) is 64.0 Å². The number of rotatable bonds is 6. The standard InChI is InChI=1S/C20H30N2O/c1-14(2)10-19(16-6-4-3-5-7-16)22-20(23)13-15-11-17-8-9-18(12-15)21-17/h3-7,14-15,17-19,21H,8-13H2,1-2H3,(H,22,23). The summed E-state index contributed by atoms with van der Waals surface area (Å²) in [6.07, 6.45) is 6.61. The average molecular weight is 314 g/mol. The molecule has 1 aromatic carbocycles. The minimum Gasteiger partial charge on any atom is -0.349 e. The van der Waals surface area contributed by atoms with Crippen LogP contribution in [0.3, 0.4) is 0 Å². The van der Waals surface area contributed by atoms with Crippen LogP contribution in [0.5, 0.6) is 0 Å². The molecule has 1 amide bonds. The second kappa shape index (κ2) is 7.48. The van der Waals surface area contributed by atoms with E-state index in [2.05, 4.69) is 48.7 Å². The van der Waals surface area contributed by atoms with Crippen molar-refractivity contribution in [3.05, 3.63) is 35.9 Å². The maximum absolute atomic E-state index is 12.6. The van der Waals surface area contributed by atoms with E-state index in [1.807, 2.05) is 6.07 Å². The molecule has 126 valence electrons. The van der Waals surface area contributed by atoms with Gasteiger partial charge in [-0.2, -0.15) is 0 Å². The van der Waals surface area contributed by atoms with E-state index in [0.717, 1.165) is 6.42 Å². The highest BCUT2D eigenvalue weighted by Crippen LogP contribution is 2.33. The zero-order chi connectivity index (χ0) is 16.2. The van der Waals surface area contributed by atoms with E-state index < -0.39 is 0 Å². The van der Waals surface area contributed by atoms with Crippen LogP contribution in [0.2, 0.25) is 0 Å². The molecule has 0 aromatic heterocycles. The van der Waals surface area contributed by atoms with Gasteiger partial charge in [0, 0.05) is 18.5 Å². The molecular weight excluding hydrogens is 284 g/mol. The molecule has 2 N–H and O–H groups in total. The number of nitrogens with one attached hydrogen (secondary N) is 2. The Morgan fingerprint density at radius 2 is 1.83 bits per heavy atom. The molecule has 1 aromatic rings. The molecule has 0 spiro atoms. The highest BCUT2D eigenvalue weighted by Gasteiger charge is 2.34. The molecule has 0 saturated carbocycles. The molecule has 2 bridgehead atoms. The van der Waals surface area contributed by atoms with E-state index in [4.69, 9.17) is 0 Å². The molecule has 2 aliphatic heterocycles. The number of carbonyl (C=O) groups is 1. The van der Waals surface area contributed by atoms with E-state index in [-0.39, 0.29) is 11.9 Å². The SMILES string of the molecule is CC(C)CC(NC(=O)CC1CC2CCC(C1)N2)c1ccccc1. The fourth-order valence-electron chi connectivity index (χ4n) is 4.29. The fraction of sp³-hybridized carbons (Fsp3) is 0.650. The molecule has 0 radical (unpaired) electrons. The highest BCUT2D eigenvalue weighted by molar-refractivity contribution is 5.76. The summed E-state index contributed by atoms with van der Waals surface area (Å²) < 4.78 is 0. The molecule has 23 heavy (non-hydrogen) atoms. The Kier molecular flexibility index (Phi) is 5.37. The molecule has 3 atom stereocenters. The van der Waals surface area contributed by atoms with E-state index in [0.29, 0.717) is 30.3 Å². The summed E-state index contributed by atoms with van der Waals surface area (Å²) in [6.45, 7) is 4.43. The van der Waals surface area contributed by atoms with Gasteiger partial charge in [-0.05, 0) is 49.5 Å². The van der Waals surface area contributed by atoms with E-state index in [9.17, 15) is 4.79 Å². The van der Waals surface area contributed by atoms with Gasteiger partial charge >= 0.3 is 0 Å². The monoisotopic (exact) mass is 314 g/mol. The van der Waals surface area contributed by atoms with Gasteiger partial charge in [0.05, 0.1) is 6.04 Å². The quantitative estimate of drug-likeness (QED) is 0.838. The van der Waals surface area contributed by atoms with Crippen molar-refractivity contribution < 1.29 is 4.79 Å². The van der Waals surface area contributed by atoms with Crippen LogP contribution in [-0.2, 0) is 4.79 Å². The Morgan fingerprint density at radius 1 is 1.17 bits per heavy atom. The van der Waals surface area contributed by atoms with Gasteiger partial charge in [-0.3, -0.25) is 4.79 Å². The lowest BCUT2D eigenvalue weighted by molar-refractivity contribution is -0.123. The number of amides is 1. The first-order valence-electron chi connectivity index (χ1n) is 9.20. The van der Waals surface area contributed by atoms with Crippen LogP contribution >= 0.6 is 0 Å². The summed E-state index contributed by atoms with van der Waals surface area (Å²) in [4.78, 5) is 12.6. The van der Waals surface area contributed by atoms with Crippen molar-refractivity contribution in [2.45, 2.75) is 70.5 Å². The van der Waals surface area contributed by atoms with E-state index in [1.54, 1.807) is 0 Å².